The van der Waals surface area contributed by atoms with Crippen molar-refractivity contribution >= 4 is 5.96 Å². The molecule has 2 aromatic rings. The van der Waals surface area contributed by atoms with Gasteiger partial charge in [-0.25, -0.2) is 0 Å². The summed E-state index contributed by atoms with van der Waals surface area (Å²) in [5.41, 5.74) is 2.44. The minimum absolute atomic E-state index is 0.687. The van der Waals surface area contributed by atoms with Crippen LogP contribution in [-0.4, -0.2) is 43.1 Å². The van der Waals surface area contributed by atoms with E-state index in [0.717, 1.165) is 31.2 Å². The SMILES string of the molecule is CCOc1ccc(CN(C)C(=NC)NCCc2cccnc2)cc1. The molecule has 0 spiro atoms. The van der Waals surface area contributed by atoms with Crippen LogP contribution in [0, 0.1) is 0 Å². The smallest absolute Gasteiger partial charge is 0.193 e. The van der Waals surface area contributed by atoms with E-state index in [-0.39, 0.29) is 0 Å². The molecule has 1 N–H and O–H groups in total. The highest BCUT2D eigenvalue weighted by molar-refractivity contribution is 5.79. The molecule has 0 aliphatic rings. The Hall–Kier alpha value is -2.56. The molecule has 0 fully saturated rings. The summed E-state index contributed by atoms with van der Waals surface area (Å²) in [6.07, 6.45) is 4.61. The van der Waals surface area contributed by atoms with Crippen LogP contribution in [0.15, 0.2) is 53.8 Å². The van der Waals surface area contributed by atoms with Gasteiger partial charge in [-0.2, -0.15) is 0 Å². The maximum atomic E-state index is 5.47. The van der Waals surface area contributed by atoms with E-state index in [0.29, 0.717) is 6.61 Å². The molecular formula is C19H26N4O. The van der Waals surface area contributed by atoms with Crippen LogP contribution in [-0.2, 0) is 13.0 Å². The molecule has 1 aromatic carbocycles. The molecule has 0 amide bonds. The van der Waals surface area contributed by atoms with Crippen molar-refractivity contribution in [3.05, 3.63) is 59.9 Å². The molecule has 0 bridgehead atoms. The standard InChI is InChI=1S/C19H26N4O/c1-4-24-18-9-7-17(8-10-18)15-23(3)19(20-2)22-13-11-16-6-5-12-21-14-16/h5-10,12,14H,4,11,13,15H2,1-3H3,(H,20,22). The first-order chi connectivity index (χ1) is 11.7. The number of aromatic nitrogens is 1. The van der Waals surface area contributed by atoms with Crippen LogP contribution >= 0.6 is 0 Å². The van der Waals surface area contributed by atoms with Crippen LogP contribution in [0.1, 0.15) is 18.1 Å². The van der Waals surface area contributed by atoms with E-state index in [1.165, 1.54) is 11.1 Å². The Labute approximate surface area is 144 Å². The zero-order valence-electron chi connectivity index (χ0n) is 14.7. The molecule has 24 heavy (non-hydrogen) atoms. The van der Waals surface area contributed by atoms with Crippen LogP contribution in [0.5, 0.6) is 5.75 Å². The molecule has 5 heteroatoms. The minimum Gasteiger partial charge on any atom is -0.494 e. The van der Waals surface area contributed by atoms with Crippen LogP contribution < -0.4 is 10.1 Å². The molecule has 0 aliphatic heterocycles. The van der Waals surface area contributed by atoms with Crippen molar-refractivity contribution in [1.29, 1.82) is 0 Å². The Morgan fingerprint density at radius 1 is 1.21 bits per heavy atom. The lowest BCUT2D eigenvalue weighted by molar-refractivity contribution is 0.340. The normalized spacial score (nSPS) is 11.2. The zero-order valence-corrected chi connectivity index (χ0v) is 14.7. The summed E-state index contributed by atoms with van der Waals surface area (Å²) in [5.74, 6) is 1.79. The Bertz CT molecular complexity index is 626. The van der Waals surface area contributed by atoms with Crippen molar-refractivity contribution in [3.63, 3.8) is 0 Å². The van der Waals surface area contributed by atoms with Gasteiger partial charge in [0.05, 0.1) is 6.61 Å². The summed E-state index contributed by atoms with van der Waals surface area (Å²) in [7, 11) is 3.84. The molecule has 5 nitrogen and oxygen atoms in total. The largest absolute Gasteiger partial charge is 0.494 e. The average molecular weight is 326 g/mol. The number of hydrogen-bond acceptors (Lipinski definition) is 3. The third kappa shape index (κ3) is 5.57. The predicted molar refractivity (Wildman–Crippen MR) is 98.4 cm³/mol. The topological polar surface area (TPSA) is 49.8 Å². The number of hydrogen-bond donors (Lipinski definition) is 1. The van der Waals surface area contributed by atoms with Crippen molar-refractivity contribution in [3.8, 4) is 5.75 Å². The number of guanidine groups is 1. The number of benzene rings is 1. The second-order valence-electron chi connectivity index (χ2n) is 5.52. The summed E-state index contributed by atoms with van der Waals surface area (Å²) in [4.78, 5) is 10.6. The van der Waals surface area contributed by atoms with Gasteiger partial charge in [-0.1, -0.05) is 18.2 Å². The summed E-state index contributed by atoms with van der Waals surface area (Å²) in [6, 6.07) is 12.2. The first-order valence-corrected chi connectivity index (χ1v) is 8.25. The number of nitrogens with zero attached hydrogens (tertiary/aromatic N) is 3. The van der Waals surface area contributed by atoms with Gasteiger partial charge in [-0.05, 0) is 42.7 Å². The van der Waals surface area contributed by atoms with Gasteiger partial charge in [0, 0.05) is 39.6 Å². The van der Waals surface area contributed by atoms with Crippen LogP contribution in [0.3, 0.4) is 0 Å². The molecular weight excluding hydrogens is 300 g/mol. The predicted octanol–water partition coefficient (Wildman–Crippen LogP) is 2.73. The van der Waals surface area contributed by atoms with Crippen LogP contribution in [0.4, 0.5) is 0 Å². The quantitative estimate of drug-likeness (QED) is 0.628. The Kier molecular flexibility index (Phi) is 7.08. The van der Waals surface area contributed by atoms with E-state index in [2.05, 4.69) is 38.4 Å². The molecule has 0 saturated heterocycles. The molecule has 2 rings (SSSR count). The van der Waals surface area contributed by atoms with Crippen molar-refractivity contribution in [2.45, 2.75) is 19.9 Å². The molecule has 0 atom stereocenters. The number of rotatable bonds is 7. The molecule has 0 unspecified atom stereocenters. The average Bonchev–Trinajstić information content (AvgIpc) is 2.61. The monoisotopic (exact) mass is 326 g/mol. The third-order valence-corrected chi connectivity index (χ3v) is 3.65. The van der Waals surface area contributed by atoms with E-state index in [1.807, 2.05) is 38.4 Å². The van der Waals surface area contributed by atoms with E-state index in [9.17, 15) is 0 Å². The fourth-order valence-corrected chi connectivity index (χ4v) is 2.46. The lowest BCUT2D eigenvalue weighted by Gasteiger charge is -2.22. The first kappa shape index (κ1) is 17.8. The lowest BCUT2D eigenvalue weighted by Crippen LogP contribution is -2.39. The highest BCUT2D eigenvalue weighted by Crippen LogP contribution is 2.13. The van der Waals surface area contributed by atoms with E-state index in [4.69, 9.17) is 4.74 Å². The van der Waals surface area contributed by atoms with Gasteiger partial charge < -0.3 is 15.0 Å². The Balaban J connectivity index is 1.83. The third-order valence-electron chi connectivity index (χ3n) is 3.65. The van der Waals surface area contributed by atoms with Crippen LogP contribution in [0.25, 0.3) is 0 Å². The molecule has 128 valence electrons. The van der Waals surface area contributed by atoms with E-state index in [1.54, 1.807) is 13.2 Å². The van der Waals surface area contributed by atoms with Crippen LogP contribution in [0.2, 0.25) is 0 Å². The fourth-order valence-electron chi connectivity index (χ4n) is 2.46. The molecule has 0 radical (unpaired) electrons. The van der Waals surface area contributed by atoms with Gasteiger partial charge in [0.25, 0.3) is 0 Å². The Morgan fingerprint density at radius 2 is 2.00 bits per heavy atom. The molecule has 1 aromatic heterocycles. The van der Waals surface area contributed by atoms with Gasteiger partial charge in [0.15, 0.2) is 5.96 Å². The zero-order chi connectivity index (χ0) is 17.2. The van der Waals surface area contributed by atoms with Crippen molar-refractivity contribution < 1.29 is 4.74 Å². The van der Waals surface area contributed by atoms with Gasteiger partial charge in [0.2, 0.25) is 0 Å². The van der Waals surface area contributed by atoms with Crippen molar-refractivity contribution in [2.24, 2.45) is 4.99 Å². The summed E-state index contributed by atoms with van der Waals surface area (Å²) >= 11 is 0. The van der Waals surface area contributed by atoms with Gasteiger partial charge in [-0.3, -0.25) is 9.98 Å². The number of ether oxygens (including phenoxy) is 1. The van der Waals surface area contributed by atoms with Gasteiger partial charge >= 0.3 is 0 Å². The number of pyridine rings is 1. The van der Waals surface area contributed by atoms with Crippen molar-refractivity contribution in [2.75, 3.05) is 27.2 Å². The second-order valence-corrected chi connectivity index (χ2v) is 5.52. The van der Waals surface area contributed by atoms with E-state index >= 15 is 0 Å². The first-order valence-electron chi connectivity index (χ1n) is 8.25. The lowest BCUT2D eigenvalue weighted by atomic mass is 10.2. The molecule has 0 saturated carbocycles. The van der Waals surface area contributed by atoms with E-state index < -0.39 is 0 Å². The number of aliphatic imine (C=N–C) groups is 1. The molecule has 1 heterocycles. The highest BCUT2D eigenvalue weighted by Gasteiger charge is 2.06. The maximum absolute atomic E-state index is 5.47. The summed E-state index contributed by atoms with van der Waals surface area (Å²) in [5, 5.41) is 3.39. The highest BCUT2D eigenvalue weighted by atomic mass is 16.5. The summed E-state index contributed by atoms with van der Waals surface area (Å²) < 4.78 is 5.47. The fraction of sp³-hybridized carbons (Fsp3) is 0.368. The summed E-state index contributed by atoms with van der Waals surface area (Å²) in [6.45, 7) is 4.29. The number of nitrogens with one attached hydrogen (secondary N) is 1. The van der Waals surface area contributed by atoms with Gasteiger partial charge in [0.1, 0.15) is 5.75 Å². The second kappa shape index (κ2) is 9.55. The molecule has 0 aliphatic carbocycles. The van der Waals surface area contributed by atoms with Gasteiger partial charge in [-0.15, -0.1) is 0 Å². The Morgan fingerprint density at radius 3 is 2.62 bits per heavy atom. The maximum Gasteiger partial charge on any atom is 0.193 e. The minimum atomic E-state index is 0.687. The van der Waals surface area contributed by atoms with Crippen molar-refractivity contribution in [1.82, 2.24) is 15.2 Å².